The van der Waals surface area contributed by atoms with Gasteiger partial charge in [-0.15, -0.1) is 22.7 Å². The van der Waals surface area contributed by atoms with Crippen LogP contribution in [0.1, 0.15) is 0 Å². The second kappa shape index (κ2) is 12.6. The highest BCUT2D eigenvalue weighted by atomic mass is 32.1. The first-order valence-electron chi connectivity index (χ1n) is 18.0. The minimum atomic E-state index is 0.707. The molecule has 11 rings (SSSR count). The second-order valence-corrected chi connectivity index (χ2v) is 15.7. The maximum Gasteiger partial charge on any atom is 0.160 e. The van der Waals surface area contributed by atoms with Crippen LogP contribution in [0.3, 0.4) is 0 Å². The summed E-state index contributed by atoms with van der Waals surface area (Å²) in [5, 5.41) is 6.23. The molecule has 0 aliphatic carbocycles. The van der Waals surface area contributed by atoms with E-state index in [0.29, 0.717) is 5.82 Å². The lowest BCUT2D eigenvalue weighted by molar-refractivity contribution is 1.18. The molecule has 0 bridgehead atoms. The van der Waals surface area contributed by atoms with Gasteiger partial charge in [0, 0.05) is 63.3 Å². The molecular formula is C49H29N3S2. The first-order chi connectivity index (χ1) is 26.7. The van der Waals surface area contributed by atoms with Crippen molar-refractivity contribution in [1.29, 1.82) is 0 Å². The SMILES string of the molecule is c1ccc(-c2nc(-c3ccc(-c4cccc5c4sc4ccccc45)cc3)cc(-c3ccc4sc5c(-c6ccccc6)nc6ccccc6c5c4c3)n2)cc1. The summed E-state index contributed by atoms with van der Waals surface area (Å²) in [5.74, 6) is 0.707. The zero-order chi connectivity index (χ0) is 35.6. The standard InChI is InChI=1S/C49H29N3S2/c1-3-12-32(13-4-1)46-48-45(38-17-7-9-20-40(38)50-46)39-28-34(26-27-44(39)54-48)42-29-41(51-49(52-42)33-14-5-2-6-15-33)31-24-22-30(23-25-31)35-18-11-19-37-36-16-8-10-21-43(36)53-47(35)37/h1-29H. The van der Waals surface area contributed by atoms with E-state index in [-0.39, 0.29) is 0 Å². The third-order valence-electron chi connectivity index (χ3n) is 10.3. The van der Waals surface area contributed by atoms with Crippen molar-refractivity contribution in [3.05, 3.63) is 176 Å². The van der Waals surface area contributed by atoms with Crippen LogP contribution >= 0.6 is 22.7 Å². The van der Waals surface area contributed by atoms with Gasteiger partial charge in [0.15, 0.2) is 5.82 Å². The third kappa shape index (κ3) is 5.12. The van der Waals surface area contributed by atoms with Crippen molar-refractivity contribution in [2.45, 2.75) is 0 Å². The summed E-state index contributed by atoms with van der Waals surface area (Å²) in [6.45, 7) is 0. The number of nitrogens with zero attached hydrogens (tertiary/aromatic N) is 3. The molecule has 0 saturated heterocycles. The molecule has 0 aliphatic heterocycles. The molecular weight excluding hydrogens is 695 g/mol. The third-order valence-corrected chi connectivity index (χ3v) is 12.7. The van der Waals surface area contributed by atoms with Gasteiger partial charge in [0.2, 0.25) is 0 Å². The van der Waals surface area contributed by atoms with Crippen molar-refractivity contribution in [1.82, 2.24) is 15.0 Å². The lowest BCUT2D eigenvalue weighted by Gasteiger charge is -2.11. The molecule has 252 valence electrons. The highest BCUT2D eigenvalue weighted by Crippen LogP contribution is 2.44. The van der Waals surface area contributed by atoms with Crippen molar-refractivity contribution in [3.8, 4) is 56.3 Å². The molecule has 54 heavy (non-hydrogen) atoms. The fourth-order valence-electron chi connectivity index (χ4n) is 7.69. The molecule has 3 nitrogen and oxygen atoms in total. The van der Waals surface area contributed by atoms with Crippen molar-refractivity contribution < 1.29 is 0 Å². The molecule has 0 atom stereocenters. The molecule has 7 aromatic carbocycles. The van der Waals surface area contributed by atoms with Gasteiger partial charge in [0.1, 0.15) is 0 Å². The molecule has 5 heteroatoms. The van der Waals surface area contributed by atoms with E-state index in [2.05, 4.69) is 158 Å². The van der Waals surface area contributed by atoms with Gasteiger partial charge in [0.25, 0.3) is 0 Å². The van der Waals surface area contributed by atoms with Crippen LogP contribution in [0.4, 0.5) is 0 Å². The number of aromatic nitrogens is 3. The topological polar surface area (TPSA) is 38.7 Å². The second-order valence-electron chi connectivity index (χ2n) is 13.5. The van der Waals surface area contributed by atoms with Crippen LogP contribution in [0.2, 0.25) is 0 Å². The fraction of sp³-hybridized carbons (Fsp3) is 0. The number of thiophene rings is 2. The minimum Gasteiger partial charge on any atom is -0.246 e. The van der Waals surface area contributed by atoms with E-state index in [4.69, 9.17) is 15.0 Å². The van der Waals surface area contributed by atoms with Crippen molar-refractivity contribution in [3.63, 3.8) is 0 Å². The Balaban J connectivity index is 1.07. The largest absolute Gasteiger partial charge is 0.246 e. The number of hydrogen-bond acceptors (Lipinski definition) is 5. The van der Waals surface area contributed by atoms with Crippen molar-refractivity contribution in [2.75, 3.05) is 0 Å². The predicted molar refractivity (Wildman–Crippen MR) is 230 cm³/mol. The molecule has 0 radical (unpaired) electrons. The van der Waals surface area contributed by atoms with Crippen LogP contribution in [-0.2, 0) is 0 Å². The summed E-state index contributed by atoms with van der Waals surface area (Å²) in [4.78, 5) is 15.5. The molecule has 11 aromatic rings. The first-order valence-corrected chi connectivity index (χ1v) is 19.6. The number of benzene rings is 7. The van der Waals surface area contributed by atoms with Crippen LogP contribution in [0, 0.1) is 0 Å². The summed E-state index contributed by atoms with van der Waals surface area (Å²) in [6, 6.07) is 62.3. The van der Waals surface area contributed by atoms with Gasteiger partial charge in [-0.2, -0.15) is 0 Å². The Morgan fingerprint density at radius 1 is 0.352 bits per heavy atom. The molecule has 4 heterocycles. The van der Waals surface area contributed by atoms with Gasteiger partial charge in [-0.3, -0.25) is 0 Å². The maximum absolute atomic E-state index is 5.20. The van der Waals surface area contributed by atoms with E-state index in [9.17, 15) is 0 Å². The quantitative estimate of drug-likeness (QED) is 0.177. The Morgan fingerprint density at radius 2 is 0.963 bits per heavy atom. The smallest absolute Gasteiger partial charge is 0.160 e. The van der Waals surface area contributed by atoms with Gasteiger partial charge in [-0.25, -0.2) is 15.0 Å². The number of para-hydroxylation sites is 1. The Labute approximate surface area is 319 Å². The minimum absolute atomic E-state index is 0.707. The highest BCUT2D eigenvalue weighted by Gasteiger charge is 2.18. The fourth-order valence-corrected chi connectivity index (χ4v) is 10.1. The van der Waals surface area contributed by atoms with E-state index in [1.807, 2.05) is 40.9 Å². The Morgan fingerprint density at radius 3 is 1.78 bits per heavy atom. The van der Waals surface area contributed by atoms with Crippen LogP contribution in [0.5, 0.6) is 0 Å². The van der Waals surface area contributed by atoms with Crippen LogP contribution < -0.4 is 0 Å². The Hall–Kier alpha value is -6.53. The normalized spacial score (nSPS) is 11.7. The van der Waals surface area contributed by atoms with Gasteiger partial charge in [-0.1, -0.05) is 146 Å². The van der Waals surface area contributed by atoms with E-state index in [1.165, 1.54) is 51.5 Å². The van der Waals surface area contributed by atoms with E-state index < -0.39 is 0 Å². The predicted octanol–water partition coefficient (Wildman–Crippen LogP) is 14.1. The van der Waals surface area contributed by atoms with Gasteiger partial charge in [0.05, 0.1) is 27.3 Å². The number of rotatable bonds is 5. The lowest BCUT2D eigenvalue weighted by Crippen LogP contribution is -1.96. The molecule has 0 fully saturated rings. The van der Waals surface area contributed by atoms with E-state index >= 15 is 0 Å². The van der Waals surface area contributed by atoms with Crippen LogP contribution in [0.25, 0.3) is 108 Å². The highest BCUT2D eigenvalue weighted by molar-refractivity contribution is 7.26. The summed E-state index contributed by atoms with van der Waals surface area (Å²) in [6.07, 6.45) is 0. The van der Waals surface area contributed by atoms with E-state index in [0.717, 1.165) is 50.2 Å². The van der Waals surface area contributed by atoms with Gasteiger partial charge >= 0.3 is 0 Å². The van der Waals surface area contributed by atoms with Crippen LogP contribution in [-0.4, -0.2) is 15.0 Å². The monoisotopic (exact) mass is 723 g/mol. The molecule has 0 spiro atoms. The summed E-state index contributed by atoms with van der Waals surface area (Å²) >= 11 is 3.67. The zero-order valence-corrected chi connectivity index (χ0v) is 30.5. The first kappa shape index (κ1) is 31.0. The summed E-state index contributed by atoms with van der Waals surface area (Å²) < 4.78 is 5.06. The van der Waals surface area contributed by atoms with Gasteiger partial charge in [-0.05, 0) is 41.5 Å². The number of fused-ring (bicyclic) bond motifs is 8. The molecule has 0 unspecified atom stereocenters. The molecule has 0 aliphatic rings. The Kier molecular flexibility index (Phi) is 7.22. The lowest BCUT2D eigenvalue weighted by atomic mass is 9.99. The van der Waals surface area contributed by atoms with Crippen LogP contribution in [0.15, 0.2) is 176 Å². The van der Waals surface area contributed by atoms with Crippen molar-refractivity contribution >= 4 is 73.9 Å². The summed E-state index contributed by atoms with van der Waals surface area (Å²) in [5.41, 5.74) is 10.5. The summed E-state index contributed by atoms with van der Waals surface area (Å²) in [7, 11) is 0. The average molecular weight is 724 g/mol. The maximum atomic E-state index is 5.20. The molecule has 0 saturated carbocycles. The molecule has 0 N–H and O–H groups in total. The number of hydrogen-bond donors (Lipinski definition) is 0. The van der Waals surface area contributed by atoms with E-state index in [1.54, 1.807) is 0 Å². The zero-order valence-electron chi connectivity index (χ0n) is 28.9. The number of pyridine rings is 1. The van der Waals surface area contributed by atoms with Crippen molar-refractivity contribution in [2.24, 2.45) is 0 Å². The molecule has 4 aromatic heterocycles. The Bertz CT molecular complexity index is 3200. The molecule has 0 amide bonds. The average Bonchev–Trinajstić information content (AvgIpc) is 3.83. The van der Waals surface area contributed by atoms with Gasteiger partial charge < -0.3 is 0 Å².